The number of ketones is 2. The summed E-state index contributed by atoms with van der Waals surface area (Å²) in [6, 6.07) is 25.6. The lowest BCUT2D eigenvalue weighted by atomic mass is 9.89. The molecule has 4 aromatic carbocycles. The summed E-state index contributed by atoms with van der Waals surface area (Å²) in [5.41, 5.74) is 3.07. The van der Waals surface area contributed by atoms with Crippen LogP contribution in [-0.4, -0.2) is 53.2 Å². The summed E-state index contributed by atoms with van der Waals surface area (Å²) >= 11 is 0. The van der Waals surface area contributed by atoms with Crippen molar-refractivity contribution in [3.05, 3.63) is 107 Å². The molecule has 2 atom stereocenters. The van der Waals surface area contributed by atoms with Gasteiger partial charge in [0, 0.05) is 12.1 Å². The third-order valence-electron chi connectivity index (χ3n) is 7.39. The first-order valence-corrected chi connectivity index (χ1v) is 13.4. The van der Waals surface area contributed by atoms with E-state index in [-0.39, 0.29) is 23.4 Å². The molecule has 0 saturated heterocycles. The highest BCUT2D eigenvalue weighted by Gasteiger charge is 2.31. The van der Waals surface area contributed by atoms with Crippen LogP contribution in [0.1, 0.15) is 43.7 Å². The Kier molecular flexibility index (Phi) is 8.62. The Morgan fingerprint density at radius 3 is 1.17 bits per heavy atom. The van der Waals surface area contributed by atoms with Crippen LogP contribution in [0.2, 0.25) is 0 Å². The van der Waals surface area contributed by atoms with E-state index in [0.717, 1.165) is 22.6 Å². The number of hydrogen-bond donors (Lipinski definition) is 0. The molecule has 216 valence electrons. The van der Waals surface area contributed by atoms with Crippen LogP contribution in [0.4, 0.5) is 0 Å². The molecular formula is C34H32O8. The van der Waals surface area contributed by atoms with E-state index in [0.29, 0.717) is 47.3 Å². The van der Waals surface area contributed by atoms with Crippen molar-refractivity contribution in [2.24, 2.45) is 0 Å². The number of carbonyl (C=O) groups excluding carboxylic acids is 2. The molecule has 8 nitrogen and oxygen atoms in total. The highest BCUT2D eigenvalue weighted by molar-refractivity contribution is 6.05. The van der Waals surface area contributed by atoms with Crippen molar-refractivity contribution >= 4 is 11.6 Å². The van der Waals surface area contributed by atoms with Crippen LogP contribution in [0.25, 0.3) is 0 Å². The first kappa shape index (κ1) is 28.5. The highest BCUT2D eigenvalue weighted by Crippen LogP contribution is 2.36. The van der Waals surface area contributed by atoms with E-state index in [1.165, 1.54) is 0 Å². The van der Waals surface area contributed by atoms with Crippen molar-refractivity contribution in [3.8, 4) is 34.5 Å². The Bertz CT molecular complexity index is 1440. The lowest BCUT2D eigenvalue weighted by Crippen LogP contribution is -2.26. The molecule has 2 aliphatic heterocycles. The molecule has 6 rings (SSSR count). The normalized spacial score (nSPS) is 16.9. The summed E-state index contributed by atoms with van der Waals surface area (Å²) in [6.45, 7) is 0.677. The van der Waals surface area contributed by atoms with Crippen LogP contribution in [0, 0.1) is 0 Å². The fourth-order valence-corrected chi connectivity index (χ4v) is 4.95. The molecule has 0 saturated carbocycles. The highest BCUT2D eigenvalue weighted by atomic mass is 16.5. The number of Topliss-reactive ketones (excluding diaryl/α,β-unsaturated/α-hetero) is 2. The minimum atomic E-state index is -0.281. The number of fused-ring (bicyclic) bond motifs is 2. The van der Waals surface area contributed by atoms with Gasteiger partial charge in [0.1, 0.15) is 47.7 Å². The monoisotopic (exact) mass is 568 g/mol. The summed E-state index contributed by atoms with van der Waals surface area (Å²) < 4.78 is 32.0. The number of benzene rings is 4. The van der Waals surface area contributed by atoms with Crippen LogP contribution in [-0.2, 0) is 0 Å². The van der Waals surface area contributed by atoms with Crippen molar-refractivity contribution in [2.75, 3.05) is 41.7 Å². The van der Waals surface area contributed by atoms with E-state index in [1.54, 1.807) is 64.8 Å². The van der Waals surface area contributed by atoms with Gasteiger partial charge in [-0.25, -0.2) is 0 Å². The number of ether oxygens (including phenoxy) is 6. The smallest absolute Gasteiger partial charge is 0.177 e. The fraction of sp³-hybridized carbons (Fsp3) is 0.235. The maximum Gasteiger partial charge on any atom is 0.177 e. The molecule has 42 heavy (non-hydrogen) atoms. The zero-order valence-electron chi connectivity index (χ0n) is 23.9. The predicted molar refractivity (Wildman–Crippen MR) is 157 cm³/mol. The van der Waals surface area contributed by atoms with Gasteiger partial charge in [-0.05, 0) is 59.7 Å². The number of carbonyl (C=O) groups is 2. The molecule has 0 radical (unpaired) electrons. The molecule has 0 spiro atoms. The Morgan fingerprint density at radius 1 is 0.500 bits per heavy atom. The molecular weight excluding hydrogens is 536 g/mol. The van der Waals surface area contributed by atoms with Crippen molar-refractivity contribution in [2.45, 2.75) is 11.8 Å². The van der Waals surface area contributed by atoms with Gasteiger partial charge in [0.25, 0.3) is 0 Å². The molecule has 2 heterocycles. The van der Waals surface area contributed by atoms with Gasteiger partial charge in [-0.3, -0.25) is 9.59 Å². The van der Waals surface area contributed by atoms with Gasteiger partial charge in [-0.1, -0.05) is 24.3 Å². The molecule has 4 aromatic rings. The van der Waals surface area contributed by atoms with Crippen molar-refractivity contribution in [3.63, 3.8) is 0 Å². The largest absolute Gasteiger partial charge is 0.497 e. The second kappa shape index (κ2) is 12.7. The van der Waals surface area contributed by atoms with E-state index >= 15 is 0 Å². The average molecular weight is 569 g/mol. The Balaban J connectivity index is 0.000000168. The van der Waals surface area contributed by atoms with E-state index < -0.39 is 0 Å². The van der Waals surface area contributed by atoms with Crippen LogP contribution < -0.4 is 28.4 Å². The topological polar surface area (TPSA) is 89.5 Å². The zero-order valence-corrected chi connectivity index (χ0v) is 23.9. The predicted octanol–water partition coefficient (Wildman–Crippen LogP) is 6.13. The maximum absolute atomic E-state index is 12.6. The Hall–Kier alpha value is -4.98. The molecule has 0 fully saturated rings. The molecule has 2 aliphatic rings. The van der Waals surface area contributed by atoms with Gasteiger partial charge in [-0.15, -0.1) is 0 Å². The van der Waals surface area contributed by atoms with Gasteiger partial charge in [0.2, 0.25) is 0 Å². The van der Waals surface area contributed by atoms with Crippen LogP contribution in [0.5, 0.6) is 34.5 Å². The summed E-state index contributed by atoms with van der Waals surface area (Å²) in [5, 5.41) is 0. The van der Waals surface area contributed by atoms with Crippen molar-refractivity contribution in [1.82, 2.24) is 0 Å². The van der Waals surface area contributed by atoms with E-state index in [9.17, 15) is 9.59 Å². The van der Waals surface area contributed by atoms with E-state index in [2.05, 4.69) is 0 Å². The van der Waals surface area contributed by atoms with Gasteiger partial charge >= 0.3 is 0 Å². The summed E-state index contributed by atoms with van der Waals surface area (Å²) in [7, 11) is 6.42. The molecule has 0 aromatic heterocycles. The van der Waals surface area contributed by atoms with Crippen LogP contribution in [0.15, 0.2) is 84.9 Å². The van der Waals surface area contributed by atoms with Crippen LogP contribution in [0.3, 0.4) is 0 Å². The summed E-state index contributed by atoms with van der Waals surface area (Å²) in [6.07, 6.45) is 0. The van der Waals surface area contributed by atoms with Gasteiger partial charge in [-0.2, -0.15) is 0 Å². The van der Waals surface area contributed by atoms with Gasteiger partial charge in [0.15, 0.2) is 11.6 Å². The lowest BCUT2D eigenvalue weighted by Gasteiger charge is -2.24. The molecule has 0 unspecified atom stereocenters. The van der Waals surface area contributed by atoms with Gasteiger partial charge < -0.3 is 28.4 Å². The van der Waals surface area contributed by atoms with Crippen molar-refractivity contribution < 1.29 is 38.0 Å². The molecule has 0 aliphatic carbocycles. The Morgan fingerprint density at radius 2 is 0.833 bits per heavy atom. The number of methoxy groups -OCH3 is 4. The number of hydrogen-bond acceptors (Lipinski definition) is 8. The fourth-order valence-electron chi connectivity index (χ4n) is 4.95. The van der Waals surface area contributed by atoms with E-state index in [1.807, 2.05) is 48.5 Å². The molecule has 0 amide bonds. The Labute approximate surface area is 244 Å². The molecule has 8 heteroatoms. The van der Waals surface area contributed by atoms with Crippen molar-refractivity contribution in [1.29, 1.82) is 0 Å². The quantitative estimate of drug-likeness (QED) is 0.275. The molecule has 0 bridgehead atoms. The van der Waals surface area contributed by atoms with Gasteiger partial charge in [0.05, 0.1) is 51.4 Å². The second-order valence-corrected chi connectivity index (χ2v) is 9.73. The SMILES string of the molecule is COc1ccc([C@@H]2COc3cc(OC)ccc3C2=O)cc1.COc1ccc([C@H]2COc3cc(OC)ccc3C2=O)cc1. The third kappa shape index (κ3) is 5.88. The standard InChI is InChI=1S/2C17H16O4/c2*1-19-12-5-3-11(4-6-12)15-10-21-16-9-13(20-2)7-8-14(16)17(15)18/h2*3-9,15H,10H2,1-2H3/t2*15-/m10/s1. The first-order chi connectivity index (χ1) is 20.4. The molecule has 0 N–H and O–H groups in total. The lowest BCUT2D eigenvalue weighted by molar-refractivity contribution is 0.0887. The van der Waals surface area contributed by atoms with E-state index in [4.69, 9.17) is 28.4 Å². The summed E-state index contributed by atoms with van der Waals surface area (Å²) in [5.74, 6) is 3.67. The summed E-state index contributed by atoms with van der Waals surface area (Å²) in [4.78, 5) is 25.2. The first-order valence-electron chi connectivity index (χ1n) is 13.4. The minimum absolute atomic E-state index is 0.0732. The third-order valence-corrected chi connectivity index (χ3v) is 7.39. The number of rotatable bonds is 6. The maximum atomic E-state index is 12.6. The zero-order chi connectivity index (χ0) is 29.6. The second-order valence-electron chi connectivity index (χ2n) is 9.73. The minimum Gasteiger partial charge on any atom is -0.497 e. The average Bonchev–Trinajstić information content (AvgIpc) is 3.05. The van der Waals surface area contributed by atoms with Crippen LogP contribution >= 0.6 is 0 Å².